The molecule has 98 valence electrons. The summed E-state index contributed by atoms with van der Waals surface area (Å²) in [6, 6.07) is 6.51. The van der Waals surface area contributed by atoms with Crippen molar-refractivity contribution in [3.63, 3.8) is 0 Å². The van der Waals surface area contributed by atoms with Crippen LogP contribution in [0.25, 0.3) is 5.69 Å². The molecule has 4 N–H and O–H groups in total. The fourth-order valence-electron chi connectivity index (χ4n) is 1.63. The molecule has 19 heavy (non-hydrogen) atoms. The number of hydrogen-bond donors (Lipinski definition) is 2. The fourth-order valence-corrected chi connectivity index (χ4v) is 1.63. The van der Waals surface area contributed by atoms with Crippen LogP contribution < -0.4 is 11.5 Å². The van der Waals surface area contributed by atoms with Gasteiger partial charge in [0.2, 0.25) is 5.91 Å². The third kappa shape index (κ3) is 2.25. The summed E-state index contributed by atoms with van der Waals surface area (Å²) in [5.41, 5.74) is 12.0. The first-order valence-electron chi connectivity index (χ1n) is 5.36. The van der Waals surface area contributed by atoms with Crippen LogP contribution in [0.1, 0.15) is 20.8 Å². The average molecular weight is 260 g/mol. The lowest BCUT2D eigenvalue weighted by molar-refractivity contribution is 0.0595. The van der Waals surface area contributed by atoms with Crippen molar-refractivity contribution in [1.29, 1.82) is 0 Å². The molecule has 0 atom stereocenters. The van der Waals surface area contributed by atoms with E-state index >= 15 is 0 Å². The van der Waals surface area contributed by atoms with Crippen molar-refractivity contribution in [1.82, 2.24) is 9.55 Å². The monoisotopic (exact) mass is 260 g/mol. The largest absolute Gasteiger partial charge is 0.464 e. The van der Waals surface area contributed by atoms with Gasteiger partial charge in [0.1, 0.15) is 12.1 Å². The van der Waals surface area contributed by atoms with Crippen molar-refractivity contribution < 1.29 is 14.3 Å². The van der Waals surface area contributed by atoms with E-state index in [-0.39, 0.29) is 11.5 Å². The molecule has 0 aliphatic carbocycles. The second-order valence-corrected chi connectivity index (χ2v) is 3.75. The van der Waals surface area contributed by atoms with E-state index in [2.05, 4.69) is 9.72 Å². The number of aromatic nitrogens is 2. The van der Waals surface area contributed by atoms with Crippen molar-refractivity contribution in [3.8, 4) is 5.69 Å². The van der Waals surface area contributed by atoms with Crippen LogP contribution >= 0.6 is 0 Å². The Morgan fingerprint density at radius 2 is 2.11 bits per heavy atom. The molecule has 1 aromatic heterocycles. The summed E-state index contributed by atoms with van der Waals surface area (Å²) in [5, 5.41) is 0. The lowest BCUT2D eigenvalue weighted by atomic mass is 10.2. The number of rotatable bonds is 3. The van der Waals surface area contributed by atoms with E-state index in [4.69, 9.17) is 11.5 Å². The first kappa shape index (κ1) is 12.6. The number of anilines is 1. The molecule has 0 aliphatic rings. The van der Waals surface area contributed by atoms with Crippen LogP contribution in [0.5, 0.6) is 0 Å². The smallest absolute Gasteiger partial charge is 0.360 e. The number of ether oxygens (including phenoxy) is 1. The van der Waals surface area contributed by atoms with Crippen LogP contribution in [-0.2, 0) is 4.74 Å². The third-order valence-corrected chi connectivity index (χ3v) is 2.59. The van der Waals surface area contributed by atoms with Gasteiger partial charge in [0, 0.05) is 11.3 Å². The Hall–Kier alpha value is -2.83. The van der Waals surface area contributed by atoms with Gasteiger partial charge in [0.15, 0.2) is 5.69 Å². The predicted octanol–water partition coefficient (Wildman–Crippen LogP) is 0.340. The van der Waals surface area contributed by atoms with Gasteiger partial charge in [-0.05, 0) is 18.2 Å². The molecule has 2 rings (SSSR count). The maximum Gasteiger partial charge on any atom is 0.360 e. The van der Waals surface area contributed by atoms with Crippen LogP contribution in [0.3, 0.4) is 0 Å². The highest BCUT2D eigenvalue weighted by Crippen LogP contribution is 2.18. The molecule has 0 spiro atoms. The van der Waals surface area contributed by atoms with Gasteiger partial charge >= 0.3 is 5.97 Å². The molecule has 0 saturated heterocycles. The zero-order chi connectivity index (χ0) is 14.0. The van der Waals surface area contributed by atoms with Gasteiger partial charge < -0.3 is 16.2 Å². The van der Waals surface area contributed by atoms with Crippen molar-refractivity contribution in [2.24, 2.45) is 5.73 Å². The number of carbonyl (C=O) groups excluding carboxylic acids is 2. The first-order chi connectivity index (χ1) is 9.04. The number of amides is 1. The topological polar surface area (TPSA) is 113 Å². The van der Waals surface area contributed by atoms with E-state index in [1.807, 2.05) is 0 Å². The second kappa shape index (κ2) is 4.81. The van der Waals surface area contributed by atoms with Gasteiger partial charge in [-0.25, -0.2) is 9.78 Å². The highest BCUT2D eigenvalue weighted by Gasteiger charge is 2.17. The zero-order valence-corrected chi connectivity index (χ0v) is 10.2. The molecular weight excluding hydrogens is 248 g/mol. The fraction of sp³-hybridized carbons (Fsp3) is 0.0833. The number of esters is 1. The van der Waals surface area contributed by atoms with Crippen LogP contribution in [0, 0.1) is 0 Å². The quantitative estimate of drug-likeness (QED) is 0.772. The summed E-state index contributed by atoms with van der Waals surface area (Å²) in [5.74, 6) is -1.04. The van der Waals surface area contributed by atoms with Crippen LogP contribution in [0.2, 0.25) is 0 Å². The standard InChI is InChI=1S/C12H12N4O3/c1-19-12(18)9-10(13)16(6-15-9)8-4-2-3-7(5-8)11(14)17/h2-6H,13H2,1H3,(H2,14,17). The minimum Gasteiger partial charge on any atom is -0.464 e. The van der Waals surface area contributed by atoms with E-state index in [0.717, 1.165) is 0 Å². The molecule has 1 heterocycles. The van der Waals surface area contributed by atoms with E-state index in [9.17, 15) is 9.59 Å². The van der Waals surface area contributed by atoms with Gasteiger partial charge in [-0.15, -0.1) is 0 Å². The summed E-state index contributed by atoms with van der Waals surface area (Å²) in [6.07, 6.45) is 1.38. The summed E-state index contributed by atoms with van der Waals surface area (Å²) in [7, 11) is 1.24. The molecule has 7 nitrogen and oxygen atoms in total. The van der Waals surface area contributed by atoms with Crippen molar-refractivity contribution in [2.45, 2.75) is 0 Å². The normalized spacial score (nSPS) is 10.2. The highest BCUT2D eigenvalue weighted by molar-refractivity contribution is 5.94. The molecule has 2 aromatic rings. The zero-order valence-electron chi connectivity index (χ0n) is 10.2. The lowest BCUT2D eigenvalue weighted by Crippen LogP contribution is -2.12. The molecule has 1 amide bonds. The molecule has 0 saturated carbocycles. The van der Waals surface area contributed by atoms with Gasteiger partial charge in [-0.2, -0.15) is 0 Å². The average Bonchev–Trinajstić information content (AvgIpc) is 2.80. The number of nitrogens with zero attached hydrogens (tertiary/aromatic N) is 2. The molecule has 0 fully saturated rings. The van der Waals surface area contributed by atoms with Crippen molar-refractivity contribution >= 4 is 17.7 Å². The van der Waals surface area contributed by atoms with Crippen LogP contribution in [-0.4, -0.2) is 28.5 Å². The van der Waals surface area contributed by atoms with Gasteiger partial charge in [0.05, 0.1) is 7.11 Å². The number of methoxy groups -OCH3 is 1. The second-order valence-electron chi connectivity index (χ2n) is 3.75. The summed E-state index contributed by atoms with van der Waals surface area (Å²) < 4.78 is 6.03. The Balaban J connectivity index is 2.48. The molecule has 1 aromatic carbocycles. The number of hydrogen-bond acceptors (Lipinski definition) is 5. The molecule has 7 heteroatoms. The van der Waals surface area contributed by atoms with E-state index in [1.165, 1.54) is 18.0 Å². The number of nitrogens with two attached hydrogens (primary N) is 2. The summed E-state index contributed by atoms with van der Waals surface area (Å²) >= 11 is 0. The van der Waals surface area contributed by atoms with Crippen molar-refractivity contribution in [2.75, 3.05) is 12.8 Å². The maximum absolute atomic E-state index is 11.4. The number of carbonyl (C=O) groups is 2. The minimum atomic E-state index is -0.623. The Bertz CT molecular complexity index is 648. The van der Waals surface area contributed by atoms with Gasteiger partial charge in [0.25, 0.3) is 0 Å². The van der Waals surface area contributed by atoms with Gasteiger partial charge in [-0.3, -0.25) is 9.36 Å². The molecule has 0 bridgehead atoms. The van der Waals surface area contributed by atoms with E-state index in [1.54, 1.807) is 24.3 Å². The maximum atomic E-state index is 11.4. The SMILES string of the molecule is COC(=O)c1ncn(-c2cccc(C(N)=O)c2)c1N. The minimum absolute atomic E-state index is 0.0204. The Morgan fingerprint density at radius 3 is 2.74 bits per heavy atom. The number of primary amides is 1. The molecule has 0 aliphatic heterocycles. The molecule has 0 unspecified atom stereocenters. The summed E-state index contributed by atoms with van der Waals surface area (Å²) in [4.78, 5) is 26.4. The Labute approximate surface area is 108 Å². The predicted molar refractivity (Wildman–Crippen MR) is 67.8 cm³/mol. The number of benzene rings is 1. The molecular formula is C12H12N4O3. The van der Waals surface area contributed by atoms with E-state index in [0.29, 0.717) is 11.3 Å². The van der Waals surface area contributed by atoms with Gasteiger partial charge in [-0.1, -0.05) is 6.07 Å². The van der Waals surface area contributed by atoms with E-state index < -0.39 is 11.9 Å². The summed E-state index contributed by atoms with van der Waals surface area (Å²) in [6.45, 7) is 0. The number of nitrogen functional groups attached to an aromatic ring is 1. The van der Waals surface area contributed by atoms with Crippen LogP contribution in [0.4, 0.5) is 5.82 Å². The third-order valence-electron chi connectivity index (χ3n) is 2.59. The Kier molecular flexibility index (Phi) is 3.19. The first-order valence-corrected chi connectivity index (χ1v) is 5.36. The van der Waals surface area contributed by atoms with Crippen LogP contribution in [0.15, 0.2) is 30.6 Å². The number of imidazole rings is 1. The highest BCUT2D eigenvalue weighted by atomic mass is 16.5. The molecule has 0 radical (unpaired) electrons. The lowest BCUT2D eigenvalue weighted by Gasteiger charge is -2.06. The Morgan fingerprint density at radius 1 is 1.37 bits per heavy atom. The van der Waals surface area contributed by atoms with Crippen molar-refractivity contribution in [3.05, 3.63) is 41.9 Å².